The van der Waals surface area contributed by atoms with E-state index in [0.29, 0.717) is 22.8 Å². The second kappa shape index (κ2) is 8.76. The summed E-state index contributed by atoms with van der Waals surface area (Å²) in [5.41, 5.74) is 2.07. The molecule has 3 aromatic carbocycles. The normalized spacial score (nSPS) is 11.3. The second-order valence-electron chi connectivity index (χ2n) is 7.24. The number of carbonyl (C=O) groups is 1. The standard InChI is InChI=1S/C24H22N2O5S/c1-16-7-12-21(32(28,29)26-18-8-10-19(30-2)11-9-18)14-22(16)24(27)25-15-20-13-17-5-3-4-6-23(17)31-20/h3-14,26H,15H2,1-2H3,(H,25,27). The number of aryl methyl sites for hydroxylation is 1. The van der Waals surface area contributed by atoms with E-state index in [1.54, 1.807) is 37.3 Å². The molecule has 0 aliphatic heterocycles. The first-order chi connectivity index (χ1) is 15.4. The minimum Gasteiger partial charge on any atom is -0.497 e. The molecule has 7 nitrogen and oxygen atoms in total. The van der Waals surface area contributed by atoms with Crippen molar-refractivity contribution in [3.8, 4) is 5.75 Å². The first kappa shape index (κ1) is 21.5. The first-order valence-corrected chi connectivity index (χ1v) is 11.4. The van der Waals surface area contributed by atoms with Crippen LogP contribution in [0.1, 0.15) is 21.7 Å². The van der Waals surface area contributed by atoms with Crippen LogP contribution in [-0.4, -0.2) is 21.4 Å². The summed E-state index contributed by atoms with van der Waals surface area (Å²) < 4.78 is 39.0. The molecule has 0 saturated carbocycles. The van der Waals surface area contributed by atoms with Crippen molar-refractivity contribution >= 4 is 32.6 Å². The van der Waals surface area contributed by atoms with Crippen LogP contribution in [0.25, 0.3) is 11.0 Å². The molecule has 164 valence electrons. The van der Waals surface area contributed by atoms with Gasteiger partial charge < -0.3 is 14.5 Å². The van der Waals surface area contributed by atoms with Crippen LogP contribution in [-0.2, 0) is 16.6 Å². The van der Waals surface area contributed by atoms with Gasteiger partial charge in [0.05, 0.1) is 18.6 Å². The number of fused-ring (bicyclic) bond motifs is 1. The highest BCUT2D eigenvalue weighted by molar-refractivity contribution is 7.92. The monoisotopic (exact) mass is 450 g/mol. The fraction of sp³-hybridized carbons (Fsp3) is 0.125. The van der Waals surface area contributed by atoms with Gasteiger partial charge in [-0.25, -0.2) is 8.42 Å². The third-order valence-electron chi connectivity index (χ3n) is 5.01. The summed E-state index contributed by atoms with van der Waals surface area (Å²) in [7, 11) is -2.35. The van der Waals surface area contributed by atoms with Gasteiger partial charge in [0.2, 0.25) is 0 Å². The Kier molecular flexibility index (Phi) is 5.87. The van der Waals surface area contributed by atoms with Crippen molar-refractivity contribution in [1.82, 2.24) is 5.32 Å². The molecule has 0 atom stereocenters. The molecule has 0 bridgehead atoms. The average molecular weight is 451 g/mol. The van der Waals surface area contributed by atoms with E-state index in [1.165, 1.54) is 19.2 Å². The number of sulfonamides is 1. The number of methoxy groups -OCH3 is 1. The van der Waals surface area contributed by atoms with Gasteiger partial charge in [0.15, 0.2) is 0 Å². The highest BCUT2D eigenvalue weighted by Crippen LogP contribution is 2.22. The largest absolute Gasteiger partial charge is 0.497 e. The zero-order valence-corrected chi connectivity index (χ0v) is 18.4. The van der Waals surface area contributed by atoms with Gasteiger partial charge in [0.25, 0.3) is 15.9 Å². The van der Waals surface area contributed by atoms with Crippen LogP contribution in [0, 0.1) is 6.92 Å². The Balaban J connectivity index is 1.51. The zero-order valence-electron chi connectivity index (χ0n) is 17.6. The summed E-state index contributed by atoms with van der Waals surface area (Å²) in [4.78, 5) is 12.8. The van der Waals surface area contributed by atoms with Crippen LogP contribution in [0.2, 0.25) is 0 Å². The van der Waals surface area contributed by atoms with Gasteiger partial charge in [-0.2, -0.15) is 0 Å². The molecule has 1 amide bonds. The van der Waals surface area contributed by atoms with Gasteiger partial charge in [-0.15, -0.1) is 0 Å². The van der Waals surface area contributed by atoms with E-state index < -0.39 is 10.0 Å². The maximum absolute atomic E-state index is 12.8. The molecule has 0 saturated heterocycles. The number of furan rings is 1. The Morgan fingerprint density at radius 3 is 2.47 bits per heavy atom. The van der Waals surface area contributed by atoms with Crippen LogP contribution in [0.5, 0.6) is 5.75 Å². The fourth-order valence-electron chi connectivity index (χ4n) is 3.27. The van der Waals surface area contributed by atoms with E-state index in [2.05, 4.69) is 10.0 Å². The van der Waals surface area contributed by atoms with Gasteiger partial charge in [-0.05, 0) is 61.0 Å². The van der Waals surface area contributed by atoms with Crippen molar-refractivity contribution in [3.05, 3.63) is 89.7 Å². The number of nitrogens with one attached hydrogen (secondary N) is 2. The molecule has 32 heavy (non-hydrogen) atoms. The number of ether oxygens (including phenoxy) is 1. The first-order valence-electron chi connectivity index (χ1n) is 9.89. The Morgan fingerprint density at radius 1 is 1.00 bits per heavy atom. The quantitative estimate of drug-likeness (QED) is 0.433. The van der Waals surface area contributed by atoms with E-state index in [-0.39, 0.29) is 22.9 Å². The Labute approximate surface area is 186 Å². The summed E-state index contributed by atoms with van der Waals surface area (Å²) in [6.45, 7) is 1.94. The minimum absolute atomic E-state index is 0.00666. The fourth-order valence-corrected chi connectivity index (χ4v) is 4.36. The number of benzene rings is 3. The lowest BCUT2D eigenvalue weighted by Gasteiger charge is -2.12. The van der Waals surface area contributed by atoms with Crippen molar-refractivity contribution in [2.24, 2.45) is 0 Å². The lowest BCUT2D eigenvalue weighted by atomic mass is 10.1. The highest BCUT2D eigenvalue weighted by atomic mass is 32.2. The predicted octanol–water partition coefficient (Wildman–Crippen LogP) is 4.48. The molecule has 1 heterocycles. The third-order valence-corrected chi connectivity index (χ3v) is 6.38. The number of amides is 1. The van der Waals surface area contributed by atoms with Crippen molar-refractivity contribution in [2.45, 2.75) is 18.4 Å². The minimum atomic E-state index is -3.88. The maximum atomic E-state index is 12.8. The molecule has 8 heteroatoms. The van der Waals surface area contributed by atoms with Crippen LogP contribution in [0.3, 0.4) is 0 Å². The lowest BCUT2D eigenvalue weighted by Crippen LogP contribution is -2.24. The van der Waals surface area contributed by atoms with Crippen LogP contribution in [0.15, 0.2) is 82.1 Å². The van der Waals surface area contributed by atoms with Gasteiger partial charge in [0, 0.05) is 16.6 Å². The smallest absolute Gasteiger partial charge is 0.261 e. The number of carbonyl (C=O) groups excluding carboxylic acids is 1. The highest BCUT2D eigenvalue weighted by Gasteiger charge is 2.19. The molecular weight excluding hydrogens is 428 g/mol. The van der Waals surface area contributed by atoms with Crippen molar-refractivity contribution in [2.75, 3.05) is 11.8 Å². The molecule has 0 aliphatic carbocycles. The number of anilines is 1. The van der Waals surface area contributed by atoms with E-state index in [1.807, 2.05) is 30.3 Å². The van der Waals surface area contributed by atoms with Crippen molar-refractivity contribution < 1.29 is 22.4 Å². The van der Waals surface area contributed by atoms with E-state index in [4.69, 9.17) is 9.15 Å². The predicted molar refractivity (Wildman–Crippen MR) is 122 cm³/mol. The zero-order chi connectivity index (χ0) is 22.7. The van der Waals surface area contributed by atoms with Crippen LogP contribution in [0.4, 0.5) is 5.69 Å². The van der Waals surface area contributed by atoms with E-state index in [0.717, 1.165) is 11.0 Å². The molecule has 0 spiro atoms. The van der Waals surface area contributed by atoms with Crippen LogP contribution < -0.4 is 14.8 Å². The lowest BCUT2D eigenvalue weighted by molar-refractivity contribution is 0.0947. The molecular formula is C24H22N2O5S. The molecule has 2 N–H and O–H groups in total. The summed E-state index contributed by atoms with van der Waals surface area (Å²) in [5, 5.41) is 3.75. The number of rotatable bonds is 7. The van der Waals surface area contributed by atoms with Gasteiger partial charge in [-0.1, -0.05) is 24.3 Å². The van der Waals surface area contributed by atoms with E-state index in [9.17, 15) is 13.2 Å². The third kappa shape index (κ3) is 4.60. The molecule has 0 radical (unpaired) electrons. The number of hydrogen-bond acceptors (Lipinski definition) is 5. The van der Waals surface area contributed by atoms with Gasteiger partial charge in [-0.3, -0.25) is 9.52 Å². The molecule has 0 aliphatic rings. The Hall–Kier alpha value is -3.78. The van der Waals surface area contributed by atoms with Crippen molar-refractivity contribution in [3.63, 3.8) is 0 Å². The Bertz CT molecular complexity index is 1340. The summed E-state index contributed by atoms with van der Waals surface area (Å²) in [6, 6.07) is 20.4. The summed E-state index contributed by atoms with van der Waals surface area (Å²) in [6.07, 6.45) is 0. The number of hydrogen-bond donors (Lipinski definition) is 2. The van der Waals surface area contributed by atoms with Crippen LogP contribution >= 0.6 is 0 Å². The van der Waals surface area contributed by atoms with Gasteiger partial charge >= 0.3 is 0 Å². The molecule has 1 aromatic heterocycles. The molecule has 0 fully saturated rings. The average Bonchev–Trinajstić information content (AvgIpc) is 3.21. The van der Waals surface area contributed by atoms with E-state index >= 15 is 0 Å². The van der Waals surface area contributed by atoms with Gasteiger partial charge in [0.1, 0.15) is 17.1 Å². The SMILES string of the molecule is COc1ccc(NS(=O)(=O)c2ccc(C)c(C(=O)NCc3cc4ccccc4o3)c2)cc1. The molecule has 4 aromatic rings. The summed E-state index contributed by atoms with van der Waals surface area (Å²) >= 11 is 0. The topological polar surface area (TPSA) is 97.6 Å². The second-order valence-corrected chi connectivity index (χ2v) is 8.93. The maximum Gasteiger partial charge on any atom is 0.261 e. The summed E-state index contributed by atoms with van der Waals surface area (Å²) in [5.74, 6) is 0.846. The molecule has 0 unspecified atom stereocenters. The molecule has 4 rings (SSSR count). The Morgan fingerprint density at radius 2 is 1.75 bits per heavy atom. The van der Waals surface area contributed by atoms with Crippen molar-refractivity contribution in [1.29, 1.82) is 0 Å². The number of para-hydroxylation sites is 1.